The van der Waals surface area contributed by atoms with Gasteiger partial charge in [0.25, 0.3) is 0 Å². The first-order chi connectivity index (χ1) is 43.0. The molecule has 0 aliphatic heterocycles. The van der Waals surface area contributed by atoms with Gasteiger partial charge in [-0.05, 0) is 89.9 Å². The smallest absolute Gasteiger partial charge is 0.305 e. The summed E-state index contributed by atoms with van der Waals surface area (Å²) in [4.78, 5) is 24.6. The number of rotatable bonds is 73. The number of ether oxygens (including phenoxy) is 1. The molecule has 0 saturated carbocycles. The maximum Gasteiger partial charge on any atom is 0.305 e. The number of amides is 1. The highest BCUT2D eigenvalue weighted by atomic mass is 16.5. The third kappa shape index (κ3) is 72.5. The predicted octanol–water partition coefficient (Wildman–Crippen LogP) is 25.8. The van der Waals surface area contributed by atoms with Crippen LogP contribution in [0, 0.1) is 0 Å². The molecule has 0 saturated heterocycles. The number of carbonyl (C=O) groups is 2. The molecular formula is C81H151NO5. The highest BCUT2D eigenvalue weighted by Crippen LogP contribution is 2.19. The Kier molecular flexibility index (Phi) is 73.9. The molecule has 0 bridgehead atoms. The Labute approximate surface area is 543 Å². The molecule has 0 aromatic carbocycles. The lowest BCUT2D eigenvalue weighted by atomic mass is 10.0. The van der Waals surface area contributed by atoms with Crippen LogP contribution >= 0.6 is 0 Å². The van der Waals surface area contributed by atoms with E-state index in [1.54, 1.807) is 6.08 Å². The van der Waals surface area contributed by atoms with Gasteiger partial charge in [0.2, 0.25) is 5.91 Å². The van der Waals surface area contributed by atoms with Gasteiger partial charge < -0.3 is 20.3 Å². The first kappa shape index (κ1) is 84.6. The largest absolute Gasteiger partial charge is 0.466 e. The number of aliphatic hydroxyl groups is 2. The summed E-state index contributed by atoms with van der Waals surface area (Å²) in [6.45, 7) is 4.87. The fourth-order valence-electron chi connectivity index (χ4n) is 12.1. The third-order valence-corrected chi connectivity index (χ3v) is 18.0. The normalized spacial score (nSPS) is 12.8. The summed E-state index contributed by atoms with van der Waals surface area (Å²) in [5, 5.41) is 23.2. The van der Waals surface area contributed by atoms with E-state index in [9.17, 15) is 19.8 Å². The number of allylic oxidation sites excluding steroid dienone is 9. The van der Waals surface area contributed by atoms with Crippen molar-refractivity contribution in [2.75, 3.05) is 13.2 Å². The fraction of sp³-hybridized carbons (Fsp3) is 0.852. The zero-order chi connectivity index (χ0) is 62.8. The number of hydrogen-bond donors (Lipinski definition) is 3. The van der Waals surface area contributed by atoms with E-state index in [1.807, 2.05) is 6.08 Å². The molecule has 0 radical (unpaired) electrons. The van der Waals surface area contributed by atoms with E-state index in [0.717, 1.165) is 57.8 Å². The molecule has 0 heterocycles. The van der Waals surface area contributed by atoms with Crippen molar-refractivity contribution in [2.45, 2.75) is 431 Å². The molecule has 0 aliphatic carbocycles. The van der Waals surface area contributed by atoms with Gasteiger partial charge in [0.1, 0.15) is 0 Å². The predicted molar refractivity (Wildman–Crippen MR) is 384 cm³/mol. The van der Waals surface area contributed by atoms with Gasteiger partial charge in [-0.15, -0.1) is 0 Å². The Bertz CT molecular complexity index is 1500. The molecule has 0 fully saturated rings. The van der Waals surface area contributed by atoms with Crippen LogP contribution in [-0.4, -0.2) is 47.4 Å². The zero-order valence-electron chi connectivity index (χ0n) is 58.5. The van der Waals surface area contributed by atoms with Crippen molar-refractivity contribution in [2.24, 2.45) is 0 Å². The van der Waals surface area contributed by atoms with Crippen molar-refractivity contribution in [1.82, 2.24) is 5.32 Å². The standard InChI is InChI=1S/C81H151NO5/c1-3-5-7-9-11-13-15-17-18-19-43-46-50-53-57-61-65-69-73-79(84)78(77-83)82-80(85)74-70-66-62-58-54-51-47-44-41-39-37-35-33-31-29-27-25-23-21-20-22-24-26-28-30-32-34-36-38-40-42-45-48-52-56-60-64-68-72-76-87-81(86)75-71-67-63-59-55-49-16-14-12-10-8-6-4-2/h8,10,14,16,20-21,24,26,69,73,78-79,83-84H,3-7,9,11-13,15,17-19,22-23,25,27-68,70-72,74-77H2,1-2H3,(H,82,85)/b10-8-,16-14-,21-20-,26-24-,73-69+. The lowest BCUT2D eigenvalue weighted by Crippen LogP contribution is -2.45. The summed E-state index contributed by atoms with van der Waals surface area (Å²) in [7, 11) is 0. The summed E-state index contributed by atoms with van der Waals surface area (Å²) in [6.07, 6.45) is 102. The maximum atomic E-state index is 12.5. The highest BCUT2D eigenvalue weighted by Gasteiger charge is 2.18. The minimum absolute atomic E-state index is 0.00471. The van der Waals surface area contributed by atoms with Crippen molar-refractivity contribution < 1.29 is 24.5 Å². The molecule has 0 aliphatic rings. The van der Waals surface area contributed by atoms with Gasteiger partial charge in [-0.3, -0.25) is 9.59 Å². The number of carbonyl (C=O) groups excluding carboxylic acids is 2. The molecule has 2 atom stereocenters. The van der Waals surface area contributed by atoms with E-state index in [0.29, 0.717) is 19.4 Å². The second kappa shape index (κ2) is 76.0. The number of hydrogen-bond acceptors (Lipinski definition) is 5. The van der Waals surface area contributed by atoms with Crippen LogP contribution < -0.4 is 5.32 Å². The van der Waals surface area contributed by atoms with Gasteiger partial charge in [0, 0.05) is 12.8 Å². The molecule has 0 rings (SSSR count). The summed E-state index contributed by atoms with van der Waals surface area (Å²) in [5.74, 6) is -0.0571. The highest BCUT2D eigenvalue weighted by molar-refractivity contribution is 5.76. The van der Waals surface area contributed by atoms with E-state index in [4.69, 9.17) is 4.74 Å². The Morgan fingerprint density at radius 3 is 0.920 bits per heavy atom. The molecule has 3 N–H and O–H groups in total. The van der Waals surface area contributed by atoms with Crippen LogP contribution in [0.4, 0.5) is 0 Å². The first-order valence-electron chi connectivity index (χ1n) is 39.1. The molecule has 6 heteroatoms. The van der Waals surface area contributed by atoms with Crippen LogP contribution in [-0.2, 0) is 14.3 Å². The van der Waals surface area contributed by atoms with Gasteiger partial charge in [-0.1, -0.05) is 376 Å². The second-order valence-electron chi connectivity index (χ2n) is 26.7. The topological polar surface area (TPSA) is 95.9 Å². The zero-order valence-corrected chi connectivity index (χ0v) is 58.5. The summed E-state index contributed by atoms with van der Waals surface area (Å²) < 4.78 is 5.48. The molecule has 0 aromatic rings. The lowest BCUT2D eigenvalue weighted by molar-refractivity contribution is -0.143. The van der Waals surface area contributed by atoms with Crippen LogP contribution in [0.5, 0.6) is 0 Å². The van der Waals surface area contributed by atoms with E-state index >= 15 is 0 Å². The first-order valence-corrected chi connectivity index (χ1v) is 39.1. The lowest BCUT2D eigenvalue weighted by Gasteiger charge is -2.20. The molecular weight excluding hydrogens is 1070 g/mol. The van der Waals surface area contributed by atoms with E-state index < -0.39 is 12.1 Å². The molecule has 510 valence electrons. The Hall–Kier alpha value is -2.44. The van der Waals surface area contributed by atoms with Crippen LogP contribution in [0.2, 0.25) is 0 Å². The minimum Gasteiger partial charge on any atom is -0.466 e. The van der Waals surface area contributed by atoms with Gasteiger partial charge in [0.05, 0.1) is 25.4 Å². The van der Waals surface area contributed by atoms with E-state index in [2.05, 4.69) is 67.8 Å². The summed E-state index contributed by atoms with van der Waals surface area (Å²) in [5.41, 5.74) is 0. The van der Waals surface area contributed by atoms with Crippen molar-refractivity contribution >= 4 is 11.9 Å². The van der Waals surface area contributed by atoms with Crippen molar-refractivity contribution in [3.63, 3.8) is 0 Å². The van der Waals surface area contributed by atoms with Crippen LogP contribution in [0.15, 0.2) is 60.8 Å². The third-order valence-electron chi connectivity index (χ3n) is 18.0. The van der Waals surface area contributed by atoms with Crippen LogP contribution in [0.1, 0.15) is 418 Å². The van der Waals surface area contributed by atoms with Gasteiger partial charge in [-0.25, -0.2) is 0 Å². The van der Waals surface area contributed by atoms with Crippen molar-refractivity contribution in [3.8, 4) is 0 Å². The van der Waals surface area contributed by atoms with Crippen molar-refractivity contribution in [3.05, 3.63) is 60.8 Å². The quantitative estimate of drug-likeness (QED) is 0.0320. The number of nitrogens with one attached hydrogen (secondary N) is 1. The van der Waals surface area contributed by atoms with Crippen molar-refractivity contribution in [1.29, 1.82) is 0 Å². The monoisotopic (exact) mass is 1220 g/mol. The average molecular weight is 1220 g/mol. The molecule has 2 unspecified atom stereocenters. The summed E-state index contributed by atoms with van der Waals surface area (Å²) >= 11 is 0. The van der Waals surface area contributed by atoms with E-state index in [-0.39, 0.29) is 18.5 Å². The van der Waals surface area contributed by atoms with Gasteiger partial charge in [-0.2, -0.15) is 0 Å². The molecule has 0 aromatic heterocycles. The molecule has 1 amide bonds. The van der Waals surface area contributed by atoms with Crippen LogP contribution in [0.3, 0.4) is 0 Å². The Morgan fingerprint density at radius 2 is 0.598 bits per heavy atom. The summed E-state index contributed by atoms with van der Waals surface area (Å²) in [6, 6.07) is -0.627. The van der Waals surface area contributed by atoms with Gasteiger partial charge >= 0.3 is 5.97 Å². The molecule has 6 nitrogen and oxygen atoms in total. The number of unbranched alkanes of at least 4 members (excludes halogenated alkanes) is 54. The number of esters is 1. The average Bonchev–Trinajstić information content (AvgIpc) is 3.55. The second-order valence-corrected chi connectivity index (χ2v) is 26.7. The Balaban J connectivity index is 3.38. The van der Waals surface area contributed by atoms with Crippen LogP contribution in [0.25, 0.3) is 0 Å². The SMILES string of the molecule is CCC/C=C\C/C=C\CCCCCCCC(=O)OCCCCCCCCCCCCCCCCC/C=C\C/C=C\CCCCCCCCCCCCCCCCCCCC(=O)NC(CO)C(O)/C=C/CCCCCCCCCCCCCCCCCC. The maximum absolute atomic E-state index is 12.5. The minimum atomic E-state index is -0.844. The molecule has 87 heavy (non-hydrogen) atoms. The molecule has 0 spiro atoms. The Morgan fingerprint density at radius 1 is 0.322 bits per heavy atom. The fourth-order valence-corrected chi connectivity index (χ4v) is 12.1. The van der Waals surface area contributed by atoms with Gasteiger partial charge in [0.15, 0.2) is 0 Å². The van der Waals surface area contributed by atoms with E-state index in [1.165, 1.54) is 334 Å². The number of aliphatic hydroxyl groups excluding tert-OH is 2.